The summed E-state index contributed by atoms with van der Waals surface area (Å²) in [6.07, 6.45) is 1.45. The smallest absolute Gasteiger partial charge is 0.338 e. The molecule has 0 radical (unpaired) electrons. The topological polar surface area (TPSA) is 118 Å². The molecule has 0 spiro atoms. The molecule has 15 heavy (non-hydrogen) atoms. The SMILES string of the molecule is CS(=O)(=O)CC1=C(C(=O)O)C=NS1(=O)=O. The van der Waals surface area contributed by atoms with Crippen molar-refractivity contribution >= 4 is 32.0 Å². The van der Waals surface area contributed by atoms with Gasteiger partial charge in [0.2, 0.25) is 0 Å². The fourth-order valence-electron chi connectivity index (χ4n) is 0.961. The van der Waals surface area contributed by atoms with Crippen LogP contribution in [0.4, 0.5) is 0 Å². The van der Waals surface area contributed by atoms with Gasteiger partial charge in [0.15, 0.2) is 9.84 Å². The molecule has 0 amide bonds. The largest absolute Gasteiger partial charge is 0.478 e. The Bertz CT molecular complexity index is 565. The summed E-state index contributed by atoms with van der Waals surface area (Å²) in [7, 11) is -7.75. The van der Waals surface area contributed by atoms with Gasteiger partial charge < -0.3 is 5.11 Å². The zero-order valence-corrected chi connectivity index (χ0v) is 9.17. The fourth-order valence-corrected chi connectivity index (χ4v) is 3.62. The molecule has 0 aromatic carbocycles. The first-order valence-electron chi connectivity index (χ1n) is 3.58. The van der Waals surface area contributed by atoms with Crippen molar-refractivity contribution in [2.24, 2.45) is 4.40 Å². The van der Waals surface area contributed by atoms with Crippen molar-refractivity contribution in [2.75, 3.05) is 12.0 Å². The van der Waals surface area contributed by atoms with Crippen LogP contribution in [0.15, 0.2) is 14.9 Å². The highest BCUT2D eigenvalue weighted by Crippen LogP contribution is 2.21. The molecular weight excluding hydrogens is 246 g/mol. The highest BCUT2D eigenvalue weighted by atomic mass is 32.2. The van der Waals surface area contributed by atoms with E-state index in [4.69, 9.17) is 5.11 Å². The maximum atomic E-state index is 11.2. The number of carbonyl (C=O) groups is 1. The monoisotopic (exact) mass is 253 g/mol. The number of aliphatic carboxylic acids is 1. The Morgan fingerprint density at radius 1 is 1.53 bits per heavy atom. The van der Waals surface area contributed by atoms with Crippen molar-refractivity contribution in [1.29, 1.82) is 0 Å². The van der Waals surface area contributed by atoms with Crippen LogP contribution in [0.2, 0.25) is 0 Å². The minimum Gasteiger partial charge on any atom is -0.478 e. The number of hydrogen-bond acceptors (Lipinski definition) is 5. The van der Waals surface area contributed by atoms with E-state index in [-0.39, 0.29) is 0 Å². The number of hydrogen-bond donors (Lipinski definition) is 1. The second kappa shape index (κ2) is 3.42. The molecule has 1 N–H and O–H groups in total. The van der Waals surface area contributed by atoms with Gasteiger partial charge in [-0.25, -0.2) is 13.2 Å². The summed E-state index contributed by atoms with van der Waals surface area (Å²) in [5.74, 6) is -2.37. The molecule has 0 unspecified atom stereocenters. The van der Waals surface area contributed by atoms with Crippen LogP contribution in [0.25, 0.3) is 0 Å². The van der Waals surface area contributed by atoms with Crippen LogP contribution in [0.1, 0.15) is 0 Å². The van der Waals surface area contributed by atoms with Gasteiger partial charge >= 0.3 is 5.97 Å². The van der Waals surface area contributed by atoms with Gasteiger partial charge in [0.1, 0.15) is 0 Å². The fraction of sp³-hybridized carbons (Fsp3) is 0.333. The van der Waals surface area contributed by atoms with Crippen molar-refractivity contribution < 1.29 is 26.7 Å². The minimum absolute atomic E-state index is 0.597. The predicted molar refractivity (Wildman–Crippen MR) is 51.8 cm³/mol. The molecule has 0 saturated heterocycles. The average Bonchev–Trinajstić information content (AvgIpc) is 2.24. The van der Waals surface area contributed by atoms with Crippen LogP contribution >= 0.6 is 0 Å². The predicted octanol–water partition coefficient (Wildman–Crippen LogP) is -1.22. The molecule has 0 bridgehead atoms. The first-order valence-corrected chi connectivity index (χ1v) is 7.08. The Labute approximate surface area is 86.1 Å². The number of sulfonamides is 1. The summed E-state index contributed by atoms with van der Waals surface area (Å²) in [4.78, 5) is 9.89. The van der Waals surface area contributed by atoms with Gasteiger partial charge in [-0.1, -0.05) is 0 Å². The van der Waals surface area contributed by atoms with Crippen LogP contribution in [-0.2, 0) is 24.7 Å². The van der Waals surface area contributed by atoms with Crippen molar-refractivity contribution in [3.63, 3.8) is 0 Å². The maximum Gasteiger partial charge on any atom is 0.338 e. The maximum absolute atomic E-state index is 11.2. The summed E-state index contributed by atoms with van der Waals surface area (Å²) in [5.41, 5.74) is -0.597. The molecule has 9 heteroatoms. The lowest BCUT2D eigenvalue weighted by Crippen LogP contribution is -2.14. The summed E-state index contributed by atoms with van der Waals surface area (Å²) >= 11 is 0. The Morgan fingerprint density at radius 3 is 2.47 bits per heavy atom. The minimum atomic E-state index is -4.13. The highest BCUT2D eigenvalue weighted by Gasteiger charge is 2.31. The van der Waals surface area contributed by atoms with Gasteiger partial charge in [0, 0.05) is 6.26 Å². The molecule has 7 nitrogen and oxygen atoms in total. The quantitative estimate of drug-likeness (QED) is 0.673. The van der Waals surface area contributed by atoms with E-state index in [0.29, 0.717) is 6.21 Å². The standard InChI is InChI=1S/C6H7NO6S2/c1-14(10,11)3-5-4(6(8)9)2-7-15(5,12)13/h2H,3H2,1H3,(H,8,9). The lowest BCUT2D eigenvalue weighted by atomic mass is 10.3. The van der Waals surface area contributed by atoms with Gasteiger partial charge in [-0.3, -0.25) is 0 Å². The summed E-state index contributed by atoms with van der Waals surface area (Å²) in [6, 6.07) is 0. The Kier molecular flexibility index (Phi) is 2.70. The molecule has 0 fully saturated rings. The first kappa shape index (κ1) is 11.9. The number of nitrogens with zero attached hydrogens (tertiary/aromatic N) is 1. The molecule has 1 rings (SSSR count). The number of carboxylic acids is 1. The molecule has 1 heterocycles. The van der Waals surface area contributed by atoms with Crippen molar-refractivity contribution in [1.82, 2.24) is 0 Å². The van der Waals surface area contributed by atoms with E-state index in [1.807, 2.05) is 0 Å². The van der Waals surface area contributed by atoms with E-state index in [2.05, 4.69) is 4.40 Å². The first-order chi connectivity index (χ1) is 6.63. The third-order valence-electron chi connectivity index (χ3n) is 1.56. The normalized spacial score (nSPS) is 19.5. The third-order valence-corrected chi connectivity index (χ3v) is 3.92. The zero-order valence-electron chi connectivity index (χ0n) is 7.54. The van der Waals surface area contributed by atoms with E-state index in [1.165, 1.54) is 0 Å². The molecule has 84 valence electrons. The molecule has 0 aliphatic carbocycles. The van der Waals surface area contributed by atoms with E-state index < -0.39 is 42.1 Å². The number of sulfone groups is 1. The van der Waals surface area contributed by atoms with Gasteiger partial charge in [-0.05, 0) is 0 Å². The zero-order chi connectivity index (χ0) is 11.9. The Morgan fingerprint density at radius 2 is 2.07 bits per heavy atom. The van der Waals surface area contributed by atoms with E-state index in [9.17, 15) is 21.6 Å². The molecular formula is C6H7NO6S2. The molecule has 0 atom stereocenters. The van der Waals surface area contributed by atoms with Crippen molar-refractivity contribution in [3.8, 4) is 0 Å². The summed E-state index contributed by atoms with van der Waals surface area (Å²) < 4.78 is 47.1. The van der Waals surface area contributed by atoms with E-state index in [0.717, 1.165) is 6.26 Å². The van der Waals surface area contributed by atoms with Crippen LogP contribution in [-0.4, -0.2) is 46.1 Å². The Hall–Kier alpha value is -1.22. The Balaban J connectivity index is 3.34. The lowest BCUT2D eigenvalue weighted by molar-refractivity contribution is -0.132. The van der Waals surface area contributed by atoms with E-state index in [1.54, 1.807) is 0 Å². The van der Waals surface area contributed by atoms with Crippen LogP contribution in [0.5, 0.6) is 0 Å². The molecule has 0 aromatic heterocycles. The third kappa shape index (κ3) is 2.63. The molecule has 1 aliphatic rings. The van der Waals surface area contributed by atoms with Crippen molar-refractivity contribution in [2.45, 2.75) is 0 Å². The van der Waals surface area contributed by atoms with Gasteiger partial charge in [-0.2, -0.15) is 12.8 Å². The number of carboxylic acid groups (broad SMARTS) is 1. The highest BCUT2D eigenvalue weighted by molar-refractivity contribution is 7.97. The van der Waals surface area contributed by atoms with Crippen LogP contribution < -0.4 is 0 Å². The van der Waals surface area contributed by atoms with Gasteiger partial charge in [-0.15, -0.1) is 0 Å². The molecule has 0 saturated carbocycles. The van der Waals surface area contributed by atoms with Gasteiger partial charge in [0.05, 0.1) is 22.4 Å². The van der Waals surface area contributed by atoms with E-state index >= 15 is 0 Å². The van der Waals surface area contributed by atoms with Crippen LogP contribution in [0.3, 0.4) is 0 Å². The average molecular weight is 253 g/mol. The van der Waals surface area contributed by atoms with Crippen molar-refractivity contribution in [3.05, 3.63) is 10.5 Å². The second-order valence-corrected chi connectivity index (χ2v) is 6.72. The number of rotatable bonds is 3. The van der Waals surface area contributed by atoms with Gasteiger partial charge in [0.25, 0.3) is 10.0 Å². The molecule has 0 aromatic rings. The molecule has 1 aliphatic heterocycles. The second-order valence-electron chi connectivity index (χ2n) is 2.92. The summed E-state index contributed by atoms with van der Waals surface area (Å²) in [6.45, 7) is 0. The lowest BCUT2D eigenvalue weighted by Gasteiger charge is -2.00. The van der Waals surface area contributed by atoms with Crippen LogP contribution in [0, 0.1) is 0 Å². The summed E-state index contributed by atoms with van der Waals surface area (Å²) in [5, 5.41) is 8.60.